The zero-order valence-corrected chi connectivity index (χ0v) is 13.7. The Hall–Kier alpha value is -2.77. The second-order valence-electron chi connectivity index (χ2n) is 5.91. The predicted octanol–water partition coefficient (Wildman–Crippen LogP) is 2.33. The van der Waals surface area contributed by atoms with Crippen molar-refractivity contribution in [3.05, 3.63) is 59.9 Å². The lowest BCUT2D eigenvalue weighted by Gasteiger charge is -2.12. The van der Waals surface area contributed by atoms with Gasteiger partial charge in [-0.1, -0.05) is 30.3 Å². The van der Waals surface area contributed by atoms with E-state index in [-0.39, 0.29) is 23.5 Å². The Morgan fingerprint density at radius 3 is 2.56 bits per heavy atom. The average molecular weight is 342 g/mol. The fraction of sp³-hybridized carbons (Fsp3) is 0.222. The first kappa shape index (κ1) is 17.1. The molecule has 2 unspecified atom stereocenters. The molecule has 1 aliphatic heterocycles. The number of nitrogens with one attached hydrogen (secondary N) is 4. The predicted molar refractivity (Wildman–Crippen MR) is 93.2 cm³/mol. The highest BCUT2D eigenvalue weighted by Gasteiger charge is 2.30. The van der Waals surface area contributed by atoms with Gasteiger partial charge in [-0.05, 0) is 30.2 Å². The van der Waals surface area contributed by atoms with Crippen LogP contribution < -0.4 is 21.5 Å². The molecule has 0 spiro atoms. The van der Waals surface area contributed by atoms with Crippen LogP contribution in [0.5, 0.6) is 0 Å². The Labute approximate surface area is 144 Å². The van der Waals surface area contributed by atoms with Crippen molar-refractivity contribution in [2.45, 2.75) is 25.4 Å². The van der Waals surface area contributed by atoms with Crippen molar-refractivity contribution in [2.75, 3.05) is 10.6 Å². The number of halogens is 1. The van der Waals surface area contributed by atoms with Crippen LogP contribution in [0.2, 0.25) is 0 Å². The van der Waals surface area contributed by atoms with Gasteiger partial charge in [-0.15, -0.1) is 0 Å². The lowest BCUT2D eigenvalue weighted by Crippen LogP contribution is -2.39. The van der Waals surface area contributed by atoms with E-state index >= 15 is 0 Å². The molecular formula is C18H19FN4O2. The van der Waals surface area contributed by atoms with Crippen molar-refractivity contribution in [3.8, 4) is 0 Å². The highest BCUT2D eigenvalue weighted by molar-refractivity contribution is 5.96. The molecule has 2 atom stereocenters. The molecule has 0 saturated carbocycles. The largest absolute Gasteiger partial charge is 0.326 e. The van der Waals surface area contributed by atoms with Crippen LogP contribution in [0, 0.1) is 5.82 Å². The van der Waals surface area contributed by atoms with Crippen LogP contribution in [-0.2, 0) is 9.59 Å². The molecule has 3 rings (SSSR count). The van der Waals surface area contributed by atoms with Crippen molar-refractivity contribution < 1.29 is 14.0 Å². The molecular weight excluding hydrogens is 323 g/mol. The van der Waals surface area contributed by atoms with Gasteiger partial charge in [0.2, 0.25) is 11.8 Å². The Kier molecular flexibility index (Phi) is 5.06. The van der Waals surface area contributed by atoms with Gasteiger partial charge < -0.3 is 10.6 Å². The van der Waals surface area contributed by atoms with Gasteiger partial charge in [-0.25, -0.2) is 15.2 Å². The normalized spacial score (nSPS) is 19.4. The van der Waals surface area contributed by atoms with E-state index in [1.54, 1.807) is 0 Å². The van der Waals surface area contributed by atoms with Gasteiger partial charge >= 0.3 is 0 Å². The standard InChI is InChI=1S/C18H19FN4O2/c1-11(24)20-13-7-8-14(19)16(9-13)21-18(25)17-10-15(22-23-17)12-5-3-2-4-6-12/h2-9,15,17,22-23H,10H2,1H3,(H,20,24)(H,21,25). The number of amides is 2. The summed E-state index contributed by atoms with van der Waals surface area (Å²) in [5.41, 5.74) is 7.54. The third kappa shape index (κ3) is 4.20. The van der Waals surface area contributed by atoms with Gasteiger partial charge in [0, 0.05) is 18.7 Å². The molecule has 2 aromatic rings. The van der Waals surface area contributed by atoms with E-state index in [0.717, 1.165) is 5.56 Å². The van der Waals surface area contributed by atoms with Crippen LogP contribution in [-0.4, -0.2) is 17.9 Å². The summed E-state index contributed by atoms with van der Waals surface area (Å²) >= 11 is 0. The summed E-state index contributed by atoms with van der Waals surface area (Å²) in [7, 11) is 0. The minimum atomic E-state index is -0.562. The molecule has 2 amide bonds. The van der Waals surface area contributed by atoms with Crippen LogP contribution in [0.1, 0.15) is 24.9 Å². The number of carbonyl (C=O) groups is 2. The van der Waals surface area contributed by atoms with Crippen LogP contribution in [0.3, 0.4) is 0 Å². The maximum absolute atomic E-state index is 13.9. The third-order valence-electron chi connectivity index (χ3n) is 3.97. The second-order valence-corrected chi connectivity index (χ2v) is 5.91. The zero-order chi connectivity index (χ0) is 17.8. The van der Waals surface area contributed by atoms with E-state index in [9.17, 15) is 14.0 Å². The first-order valence-corrected chi connectivity index (χ1v) is 7.97. The van der Waals surface area contributed by atoms with E-state index in [1.165, 1.54) is 25.1 Å². The van der Waals surface area contributed by atoms with E-state index in [4.69, 9.17) is 0 Å². The summed E-state index contributed by atoms with van der Waals surface area (Å²) in [5, 5.41) is 5.13. The highest BCUT2D eigenvalue weighted by atomic mass is 19.1. The topological polar surface area (TPSA) is 82.3 Å². The lowest BCUT2D eigenvalue weighted by molar-refractivity contribution is -0.118. The second kappa shape index (κ2) is 7.42. The quantitative estimate of drug-likeness (QED) is 0.687. The first-order valence-electron chi connectivity index (χ1n) is 7.97. The summed E-state index contributed by atoms with van der Waals surface area (Å²) in [6.45, 7) is 1.36. The Bertz CT molecular complexity index is 782. The zero-order valence-electron chi connectivity index (χ0n) is 13.7. The molecule has 1 heterocycles. The van der Waals surface area contributed by atoms with Crippen molar-refractivity contribution in [1.29, 1.82) is 0 Å². The third-order valence-corrected chi connectivity index (χ3v) is 3.97. The summed E-state index contributed by atoms with van der Waals surface area (Å²) in [5.74, 6) is -1.17. The molecule has 25 heavy (non-hydrogen) atoms. The fourth-order valence-corrected chi connectivity index (χ4v) is 2.75. The summed E-state index contributed by atoms with van der Waals surface area (Å²) in [6, 6.07) is 13.3. The summed E-state index contributed by atoms with van der Waals surface area (Å²) in [6.07, 6.45) is 0.544. The minimum Gasteiger partial charge on any atom is -0.326 e. The van der Waals surface area contributed by atoms with Gasteiger partial charge in [0.1, 0.15) is 11.9 Å². The molecule has 130 valence electrons. The number of rotatable bonds is 4. The average Bonchev–Trinajstić information content (AvgIpc) is 3.08. The maximum atomic E-state index is 13.9. The molecule has 1 aliphatic rings. The van der Waals surface area contributed by atoms with Gasteiger partial charge in [0.05, 0.1) is 5.69 Å². The van der Waals surface area contributed by atoms with Crippen LogP contribution >= 0.6 is 0 Å². The number of hydrazine groups is 1. The Morgan fingerprint density at radius 1 is 1.08 bits per heavy atom. The molecule has 0 bridgehead atoms. The van der Waals surface area contributed by atoms with Crippen LogP contribution in [0.15, 0.2) is 48.5 Å². The van der Waals surface area contributed by atoms with Crippen LogP contribution in [0.4, 0.5) is 15.8 Å². The molecule has 0 radical (unpaired) electrons. The number of anilines is 2. The van der Waals surface area contributed by atoms with E-state index in [2.05, 4.69) is 21.5 Å². The Morgan fingerprint density at radius 2 is 1.84 bits per heavy atom. The number of carbonyl (C=O) groups excluding carboxylic acids is 2. The van der Waals surface area contributed by atoms with Gasteiger partial charge in [0.15, 0.2) is 0 Å². The molecule has 4 N–H and O–H groups in total. The van der Waals surface area contributed by atoms with E-state index in [0.29, 0.717) is 12.1 Å². The maximum Gasteiger partial charge on any atom is 0.243 e. The first-order chi connectivity index (χ1) is 12.0. The fourth-order valence-electron chi connectivity index (χ4n) is 2.75. The molecule has 7 heteroatoms. The lowest BCUT2D eigenvalue weighted by atomic mass is 10.0. The van der Waals surface area contributed by atoms with Gasteiger partial charge in [-0.2, -0.15) is 0 Å². The summed E-state index contributed by atoms with van der Waals surface area (Å²) < 4.78 is 13.9. The number of hydrogen-bond acceptors (Lipinski definition) is 4. The van der Waals surface area contributed by atoms with Crippen molar-refractivity contribution >= 4 is 23.2 Å². The Balaban J connectivity index is 1.66. The highest BCUT2D eigenvalue weighted by Crippen LogP contribution is 2.24. The van der Waals surface area contributed by atoms with Gasteiger partial charge in [0.25, 0.3) is 0 Å². The number of benzene rings is 2. The van der Waals surface area contributed by atoms with Gasteiger partial charge in [-0.3, -0.25) is 9.59 Å². The molecule has 6 nitrogen and oxygen atoms in total. The molecule has 0 aromatic heterocycles. The number of hydrogen-bond donors (Lipinski definition) is 4. The van der Waals surface area contributed by atoms with E-state index in [1.807, 2.05) is 30.3 Å². The van der Waals surface area contributed by atoms with E-state index < -0.39 is 11.9 Å². The smallest absolute Gasteiger partial charge is 0.243 e. The SMILES string of the molecule is CC(=O)Nc1ccc(F)c(NC(=O)C2CC(c3ccccc3)NN2)c1. The molecule has 1 saturated heterocycles. The molecule has 1 fully saturated rings. The van der Waals surface area contributed by atoms with Crippen LogP contribution in [0.25, 0.3) is 0 Å². The monoisotopic (exact) mass is 342 g/mol. The molecule has 2 aromatic carbocycles. The van der Waals surface area contributed by atoms with Crippen molar-refractivity contribution in [2.24, 2.45) is 0 Å². The summed E-state index contributed by atoms with van der Waals surface area (Å²) in [4.78, 5) is 23.5. The minimum absolute atomic E-state index is 0.00695. The van der Waals surface area contributed by atoms with Crippen molar-refractivity contribution in [3.63, 3.8) is 0 Å². The molecule has 0 aliphatic carbocycles. The van der Waals surface area contributed by atoms with Crippen molar-refractivity contribution in [1.82, 2.24) is 10.9 Å².